The van der Waals surface area contributed by atoms with Crippen molar-refractivity contribution in [1.82, 2.24) is 19.7 Å². The minimum absolute atomic E-state index is 0.423. The fourth-order valence-corrected chi connectivity index (χ4v) is 5.51. The number of alkyl halides is 3. The Balaban J connectivity index is 1.32. The molecule has 5 nitrogen and oxygen atoms in total. The lowest BCUT2D eigenvalue weighted by Crippen LogP contribution is -2.36. The van der Waals surface area contributed by atoms with Crippen molar-refractivity contribution in [3.8, 4) is 11.3 Å². The number of hydrogen-bond acceptors (Lipinski definition) is 4. The first kappa shape index (κ1) is 20.0. The predicted molar refractivity (Wildman–Crippen MR) is 106 cm³/mol. The van der Waals surface area contributed by atoms with Gasteiger partial charge in [-0.3, -0.25) is 14.6 Å². The van der Waals surface area contributed by atoms with E-state index in [1.807, 2.05) is 17.7 Å². The molecule has 3 heterocycles. The van der Waals surface area contributed by atoms with Gasteiger partial charge >= 0.3 is 6.18 Å². The Hall–Kier alpha value is -1.93. The Bertz CT molecular complexity index is 892. The summed E-state index contributed by atoms with van der Waals surface area (Å²) < 4.78 is 46.8. The molecule has 162 valence electrons. The van der Waals surface area contributed by atoms with Crippen LogP contribution in [-0.4, -0.2) is 52.0 Å². The van der Waals surface area contributed by atoms with Gasteiger partial charge in [0.05, 0.1) is 17.9 Å². The second kappa shape index (κ2) is 7.64. The van der Waals surface area contributed by atoms with Crippen LogP contribution in [-0.2, 0) is 17.5 Å². The van der Waals surface area contributed by atoms with E-state index in [1.54, 1.807) is 0 Å². The molecule has 0 radical (unpaired) electrons. The molecule has 0 aromatic carbocycles. The molecule has 0 bridgehead atoms. The molecule has 2 aliphatic carbocycles. The molecule has 5 rings (SSSR count). The van der Waals surface area contributed by atoms with E-state index >= 15 is 0 Å². The van der Waals surface area contributed by atoms with Gasteiger partial charge in [-0.2, -0.15) is 18.3 Å². The Morgan fingerprint density at radius 1 is 1.10 bits per heavy atom. The average Bonchev–Trinajstić information content (AvgIpc) is 3.08. The molecule has 2 aromatic heterocycles. The topological polar surface area (TPSA) is 43.2 Å². The number of nitrogens with zero attached hydrogens (tertiary/aromatic N) is 4. The monoisotopic (exact) mass is 420 g/mol. The molecule has 3 aliphatic rings. The van der Waals surface area contributed by atoms with Crippen molar-refractivity contribution in [2.24, 2.45) is 11.8 Å². The van der Waals surface area contributed by atoms with Crippen molar-refractivity contribution in [3.63, 3.8) is 0 Å². The van der Waals surface area contributed by atoms with Crippen molar-refractivity contribution < 1.29 is 17.9 Å². The minimum Gasteiger partial charge on any atom is -0.380 e. The van der Waals surface area contributed by atoms with Crippen LogP contribution in [0.15, 0.2) is 24.5 Å². The first-order valence-electron chi connectivity index (χ1n) is 10.9. The van der Waals surface area contributed by atoms with Crippen LogP contribution >= 0.6 is 0 Å². The molecule has 0 N–H and O–H groups in total. The second-order valence-electron chi connectivity index (χ2n) is 8.71. The van der Waals surface area contributed by atoms with Crippen LogP contribution in [0, 0.1) is 11.8 Å². The number of aryl methyl sites for hydroxylation is 1. The van der Waals surface area contributed by atoms with Crippen molar-refractivity contribution in [1.29, 1.82) is 0 Å². The quantitative estimate of drug-likeness (QED) is 0.744. The van der Waals surface area contributed by atoms with E-state index in [0.29, 0.717) is 41.6 Å². The summed E-state index contributed by atoms with van der Waals surface area (Å²) in [6.07, 6.45) is 1.43. The zero-order valence-corrected chi connectivity index (χ0v) is 17.1. The van der Waals surface area contributed by atoms with Crippen molar-refractivity contribution >= 4 is 0 Å². The Kier molecular flexibility index (Phi) is 5.09. The van der Waals surface area contributed by atoms with Crippen LogP contribution in [0.4, 0.5) is 13.2 Å². The smallest absolute Gasteiger partial charge is 0.380 e. The summed E-state index contributed by atoms with van der Waals surface area (Å²) in [6.45, 7) is 6.57. The van der Waals surface area contributed by atoms with E-state index in [2.05, 4.69) is 15.0 Å². The second-order valence-corrected chi connectivity index (χ2v) is 8.71. The average molecular weight is 420 g/mol. The van der Waals surface area contributed by atoms with E-state index < -0.39 is 11.7 Å². The maximum absolute atomic E-state index is 13.1. The molecule has 8 heteroatoms. The first-order valence-corrected chi connectivity index (χ1v) is 10.9. The highest BCUT2D eigenvalue weighted by Crippen LogP contribution is 2.64. The summed E-state index contributed by atoms with van der Waals surface area (Å²) in [6, 6.07) is 3.77. The molecule has 0 spiro atoms. The lowest BCUT2D eigenvalue weighted by Gasteiger charge is -2.28. The molecule has 2 unspecified atom stereocenters. The number of pyridine rings is 1. The van der Waals surface area contributed by atoms with Gasteiger partial charge in [-0.1, -0.05) is 0 Å². The number of aromatic nitrogens is 3. The van der Waals surface area contributed by atoms with Gasteiger partial charge in [0.15, 0.2) is 0 Å². The van der Waals surface area contributed by atoms with Crippen LogP contribution in [0.5, 0.6) is 0 Å². The highest BCUT2D eigenvalue weighted by molar-refractivity contribution is 5.60. The van der Waals surface area contributed by atoms with Crippen LogP contribution in [0.2, 0.25) is 0 Å². The number of ether oxygens (including phenoxy) is 1. The third kappa shape index (κ3) is 3.64. The molecule has 2 aromatic rings. The van der Waals surface area contributed by atoms with Gasteiger partial charge < -0.3 is 4.74 Å². The van der Waals surface area contributed by atoms with E-state index in [1.165, 1.54) is 19.0 Å². The third-order valence-electron chi connectivity index (χ3n) is 7.01. The van der Waals surface area contributed by atoms with Crippen LogP contribution in [0.25, 0.3) is 11.3 Å². The summed E-state index contributed by atoms with van der Waals surface area (Å²) in [5.41, 5.74) is 1.43. The Morgan fingerprint density at radius 2 is 1.90 bits per heavy atom. The van der Waals surface area contributed by atoms with Gasteiger partial charge in [0.25, 0.3) is 0 Å². The number of rotatable bonds is 4. The SMILES string of the molecule is CCn1nc(-c2cncc(C(F)(F)F)c2)cc1C1[C@H]2CC(N3CCCOCC3)C[C@@H]12. The van der Waals surface area contributed by atoms with Gasteiger partial charge in [0, 0.05) is 61.9 Å². The fraction of sp³-hybridized carbons (Fsp3) is 0.636. The van der Waals surface area contributed by atoms with Crippen molar-refractivity contribution in [3.05, 3.63) is 35.8 Å². The molecule has 1 saturated heterocycles. The zero-order chi connectivity index (χ0) is 20.9. The fourth-order valence-electron chi connectivity index (χ4n) is 5.51. The van der Waals surface area contributed by atoms with Gasteiger partial charge in [0.1, 0.15) is 0 Å². The molecular formula is C22H27F3N4O. The normalized spacial score (nSPS) is 29.6. The van der Waals surface area contributed by atoms with Gasteiger partial charge in [-0.25, -0.2) is 0 Å². The Labute approximate surface area is 174 Å². The standard InChI is InChI=1S/C22H27F3N4O/c1-2-29-20(11-19(27-29)14-8-15(13-26-12-14)22(23,24)25)21-17-9-16(10-18(17)21)28-4-3-6-30-7-5-28/h8,11-13,16-18,21H,2-7,9-10H2,1H3/t16?,17-,18+,21?. The van der Waals surface area contributed by atoms with Crippen molar-refractivity contribution in [2.45, 2.75) is 50.9 Å². The molecular weight excluding hydrogens is 393 g/mol. The van der Waals surface area contributed by atoms with Crippen molar-refractivity contribution in [2.75, 3.05) is 26.3 Å². The summed E-state index contributed by atoms with van der Waals surface area (Å²) in [7, 11) is 0. The minimum atomic E-state index is -4.40. The van der Waals surface area contributed by atoms with E-state index in [0.717, 1.165) is 50.7 Å². The van der Waals surface area contributed by atoms with E-state index in [4.69, 9.17) is 4.74 Å². The van der Waals surface area contributed by atoms with Gasteiger partial charge in [0.2, 0.25) is 0 Å². The summed E-state index contributed by atoms with van der Waals surface area (Å²) in [4.78, 5) is 6.38. The predicted octanol–water partition coefficient (Wildman–Crippen LogP) is 4.20. The van der Waals surface area contributed by atoms with Crippen LogP contribution in [0.3, 0.4) is 0 Å². The van der Waals surface area contributed by atoms with Gasteiger partial charge in [-0.05, 0) is 50.2 Å². The lowest BCUT2D eigenvalue weighted by molar-refractivity contribution is -0.137. The molecule has 0 amide bonds. The summed E-state index contributed by atoms with van der Waals surface area (Å²) >= 11 is 0. The Morgan fingerprint density at radius 3 is 2.63 bits per heavy atom. The van der Waals surface area contributed by atoms with Gasteiger partial charge in [-0.15, -0.1) is 0 Å². The third-order valence-corrected chi connectivity index (χ3v) is 7.01. The molecule has 1 aliphatic heterocycles. The van der Waals surface area contributed by atoms with Crippen LogP contribution < -0.4 is 0 Å². The molecule has 3 fully saturated rings. The molecule has 2 saturated carbocycles. The van der Waals surface area contributed by atoms with E-state index in [-0.39, 0.29) is 0 Å². The number of fused-ring (bicyclic) bond motifs is 1. The molecule has 4 atom stereocenters. The largest absolute Gasteiger partial charge is 0.417 e. The van der Waals surface area contributed by atoms with Crippen LogP contribution in [0.1, 0.15) is 43.4 Å². The molecule has 30 heavy (non-hydrogen) atoms. The van der Waals surface area contributed by atoms with E-state index in [9.17, 15) is 13.2 Å². The maximum atomic E-state index is 13.1. The highest BCUT2D eigenvalue weighted by Gasteiger charge is 2.58. The number of hydrogen-bond donors (Lipinski definition) is 0. The summed E-state index contributed by atoms with van der Waals surface area (Å²) in [5.74, 6) is 1.80. The zero-order valence-electron chi connectivity index (χ0n) is 17.1. The maximum Gasteiger partial charge on any atom is 0.417 e. The number of halogens is 3. The highest BCUT2D eigenvalue weighted by atomic mass is 19.4. The summed E-state index contributed by atoms with van der Waals surface area (Å²) in [5, 5.41) is 4.61. The lowest BCUT2D eigenvalue weighted by atomic mass is 10.0. The first-order chi connectivity index (χ1) is 14.5.